The molecule has 0 atom stereocenters. The second-order valence-electron chi connectivity index (χ2n) is 5.02. The summed E-state index contributed by atoms with van der Waals surface area (Å²) >= 11 is 0. The maximum absolute atomic E-state index is 12.3. The minimum absolute atomic E-state index is 0.00762. The molecule has 0 bridgehead atoms. The number of oxazole rings is 1. The molecule has 1 heterocycles. The van der Waals surface area contributed by atoms with Gasteiger partial charge in [0.25, 0.3) is 0 Å². The number of aryl methyl sites for hydroxylation is 1. The molecule has 0 unspecified atom stereocenters. The standard InChI is InChI=1S/C16H11F3N2O2/c1-9-3-2-4-10(7-9)14-21-12-6-5-11(8-13(12)23-14)20-15(22)16(17,18)19/h2-8H,1H3,(H,20,22). The van der Waals surface area contributed by atoms with Crippen LogP contribution in [0.1, 0.15) is 5.56 Å². The smallest absolute Gasteiger partial charge is 0.436 e. The van der Waals surface area contributed by atoms with Crippen LogP contribution in [0.25, 0.3) is 22.6 Å². The van der Waals surface area contributed by atoms with Crippen molar-refractivity contribution in [1.82, 2.24) is 4.98 Å². The van der Waals surface area contributed by atoms with Crippen molar-refractivity contribution in [1.29, 1.82) is 0 Å². The molecule has 1 amide bonds. The third-order valence-electron chi connectivity index (χ3n) is 3.17. The van der Waals surface area contributed by atoms with Gasteiger partial charge >= 0.3 is 12.1 Å². The summed E-state index contributed by atoms with van der Waals surface area (Å²) in [5, 5.41) is 1.78. The number of carbonyl (C=O) groups is 1. The zero-order valence-corrected chi connectivity index (χ0v) is 11.9. The maximum Gasteiger partial charge on any atom is 0.471 e. The number of halogens is 3. The zero-order valence-electron chi connectivity index (χ0n) is 11.9. The summed E-state index contributed by atoms with van der Waals surface area (Å²) in [4.78, 5) is 15.2. The molecule has 7 heteroatoms. The number of alkyl halides is 3. The third-order valence-corrected chi connectivity index (χ3v) is 3.17. The van der Waals surface area contributed by atoms with Gasteiger partial charge in [0, 0.05) is 17.3 Å². The molecule has 0 aliphatic rings. The molecule has 118 valence electrons. The van der Waals surface area contributed by atoms with Gasteiger partial charge in [0.05, 0.1) is 0 Å². The quantitative estimate of drug-likeness (QED) is 0.766. The topological polar surface area (TPSA) is 55.1 Å². The lowest BCUT2D eigenvalue weighted by molar-refractivity contribution is -0.167. The van der Waals surface area contributed by atoms with Gasteiger partial charge in [0.2, 0.25) is 5.89 Å². The summed E-state index contributed by atoms with van der Waals surface area (Å²) in [6.45, 7) is 1.93. The van der Waals surface area contributed by atoms with E-state index >= 15 is 0 Å². The number of anilines is 1. The Hall–Kier alpha value is -2.83. The Balaban J connectivity index is 1.94. The number of rotatable bonds is 2. The first-order valence-electron chi connectivity index (χ1n) is 6.69. The summed E-state index contributed by atoms with van der Waals surface area (Å²) in [5.41, 5.74) is 2.57. The largest absolute Gasteiger partial charge is 0.471 e. The van der Waals surface area contributed by atoms with Crippen molar-refractivity contribution in [2.75, 3.05) is 5.32 Å². The molecule has 0 aliphatic heterocycles. The van der Waals surface area contributed by atoms with Gasteiger partial charge in [0.15, 0.2) is 5.58 Å². The molecule has 3 aromatic rings. The van der Waals surface area contributed by atoms with E-state index in [1.807, 2.05) is 31.2 Å². The Bertz CT molecular complexity index is 884. The SMILES string of the molecule is Cc1cccc(-c2nc3ccc(NC(=O)C(F)(F)F)cc3o2)c1. The summed E-state index contributed by atoms with van der Waals surface area (Å²) in [6.07, 6.45) is -4.94. The Kier molecular flexibility index (Phi) is 3.55. The first kappa shape index (κ1) is 15.1. The monoisotopic (exact) mass is 320 g/mol. The highest BCUT2D eigenvalue weighted by molar-refractivity contribution is 5.96. The van der Waals surface area contributed by atoms with Crippen LogP contribution < -0.4 is 5.32 Å². The van der Waals surface area contributed by atoms with E-state index in [1.54, 1.807) is 5.32 Å². The van der Waals surface area contributed by atoms with E-state index in [4.69, 9.17) is 4.42 Å². The van der Waals surface area contributed by atoms with Crippen molar-refractivity contribution in [3.8, 4) is 11.5 Å². The van der Waals surface area contributed by atoms with Crippen LogP contribution in [0.3, 0.4) is 0 Å². The highest BCUT2D eigenvalue weighted by atomic mass is 19.4. The van der Waals surface area contributed by atoms with Crippen LogP contribution in [0, 0.1) is 6.92 Å². The molecule has 0 spiro atoms. The second kappa shape index (κ2) is 5.42. The summed E-state index contributed by atoms with van der Waals surface area (Å²) in [6, 6.07) is 11.6. The molecule has 3 rings (SSSR count). The van der Waals surface area contributed by atoms with E-state index in [0.717, 1.165) is 11.1 Å². The molecule has 0 fully saturated rings. The Morgan fingerprint density at radius 1 is 1.17 bits per heavy atom. The van der Waals surface area contributed by atoms with E-state index in [1.165, 1.54) is 18.2 Å². The molecular formula is C16H11F3N2O2. The van der Waals surface area contributed by atoms with Gasteiger partial charge in [-0.15, -0.1) is 0 Å². The molecule has 2 aromatic carbocycles. The van der Waals surface area contributed by atoms with Crippen molar-refractivity contribution in [3.63, 3.8) is 0 Å². The number of hydrogen-bond acceptors (Lipinski definition) is 3. The number of fused-ring (bicyclic) bond motifs is 1. The summed E-state index contributed by atoms with van der Waals surface area (Å²) in [7, 11) is 0. The molecule has 1 N–H and O–H groups in total. The van der Waals surface area contributed by atoms with Crippen molar-refractivity contribution in [3.05, 3.63) is 48.0 Å². The number of hydrogen-bond donors (Lipinski definition) is 1. The Morgan fingerprint density at radius 3 is 2.65 bits per heavy atom. The molecule has 0 radical (unpaired) electrons. The van der Waals surface area contributed by atoms with Crippen LogP contribution in [0.15, 0.2) is 46.9 Å². The van der Waals surface area contributed by atoms with Gasteiger partial charge in [-0.1, -0.05) is 17.7 Å². The highest BCUT2D eigenvalue weighted by Crippen LogP contribution is 2.27. The first-order valence-corrected chi connectivity index (χ1v) is 6.69. The maximum atomic E-state index is 12.3. The molecule has 23 heavy (non-hydrogen) atoms. The number of carbonyl (C=O) groups excluding carboxylic acids is 1. The average molecular weight is 320 g/mol. The van der Waals surface area contributed by atoms with Crippen LogP contribution in [-0.4, -0.2) is 17.1 Å². The first-order chi connectivity index (χ1) is 10.8. The van der Waals surface area contributed by atoms with E-state index in [2.05, 4.69) is 4.98 Å². The summed E-state index contributed by atoms with van der Waals surface area (Å²) < 4.78 is 42.4. The molecule has 0 aliphatic carbocycles. The number of nitrogens with zero attached hydrogens (tertiary/aromatic N) is 1. The van der Waals surface area contributed by atoms with Gasteiger partial charge in [-0.25, -0.2) is 4.98 Å². The van der Waals surface area contributed by atoms with Crippen LogP contribution in [0.5, 0.6) is 0 Å². The van der Waals surface area contributed by atoms with Gasteiger partial charge in [-0.05, 0) is 31.2 Å². The fourth-order valence-electron chi connectivity index (χ4n) is 2.11. The van der Waals surface area contributed by atoms with Crippen molar-refractivity contribution in [2.45, 2.75) is 13.1 Å². The minimum atomic E-state index is -4.94. The molecule has 0 saturated carbocycles. The predicted molar refractivity (Wildman–Crippen MR) is 78.9 cm³/mol. The van der Waals surface area contributed by atoms with Crippen LogP contribution in [0.4, 0.5) is 18.9 Å². The number of nitrogens with one attached hydrogen (secondary N) is 1. The fraction of sp³-hybridized carbons (Fsp3) is 0.125. The molecule has 1 aromatic heterocycles. The van der Waals surface area contributed by atoms with Crippen molar-refractivity contribution >= 4 is 22.7 Å². The lowest BCUT2D eigenvalue weighted by atomic mass is 10.1. The minimum Gasteiger partial charge on any atom is -0.436 e. The molecule has 4 nitrogen and oxygen atoms in total. The van der Waals surface area contributed by atoms with E-state index in [9.17, 15) is 18.0 Å². The van der Waals surface area contributed by atoms with Gasteiger partial charge in [-0.2, -0.15) is 13.2 Å². The number of amides is 1. The third kappa shape index (κ3) is 3.18. The average Bonchev–Trinajstić information content (AvgIpc) is 2.89. The van der Waals surface area contributed by atoms with Gasteiger partial charge < -0.3 is 9.73 Å². The normalized spacial score (nSPS) is 11.7. The molecule has 0 saturated heterocycles. The van der Waals surface area contributed by atoms with Crippen LogP contribution >= 0.6 is 0 Å². The van der Waals surface area contributed by atoms with E-state index in [0.29, 0.717) is 17.0 Å². The van der Waals surface area contributed by atoms with Crippen molar-refractivity contribution in [2.24, 2.45) is 0 Å². The molecular weight excluding hydrogens is 309 g/mol. The summed E-state index contributed by atoms with van der Waals surface area (Å²) in [5.74, 6) is -1.67. The Morgan fingerprint density at radius 2 is 1.96 bits per heavy atom. The van der Waals surface area contributed by atoms with E-state index < -0.39 is 12.1 Å². The number of aromatic nitrogens is 1. The zero-order chi connectivity index (χ0) is 16.6. The predicted octanol–water partition coefficient (Wildman–Crippen LogP) is 4.30. The lowest BCUT2D eigenvalue weighted by Crippen LogP contribution is -2.29. The van der Waals surface area contributed by atoms with E-state index in [-0.39, 0.29) is 5.69 Å². The fourth-order valence-corrected chi connectivity index (χ4v) is 2.11. The van der Waals surface area contributed by atoms with Crippen LogP contribution in [-0.2, 0) is 4.79 Å². The Labute approximate surface area is 128 Å². The second-order valence-corrected chi connectivity index (χ2v) is 5.02. The lowest BCUT2D eigenvalue weighted by Gasteiger charge is -2.07. The van der Waals surface area contributed by atoms with Crippen molar-refractivity contribution < 1.29 is 22.4 Å². The van der Waals surface area contributed by atoms with Gasteiger partial charge in [0.1, 0.15) is 5.52 Å². The van der Waals surface area contributed by atoms with Gasteiger partial charge in [-0.3, -0.25) is 4.79 Å². The highest BCUT2D eigenvalue weighted by Gasteiger charge is 2.38. The number of benzene rings is 2. The van der Waals surface area contributed by atoms with Crippen LogP contribution in [0.2, 0.25) is 0 Å².